The van der Waals surface area contributed by atoms with Gasteiger partial charge in [0, 0.05) is 11.8 Å². The lowest BCUT2D eigenvalue weighted by Gasteiger charge is -2.21. The molecular formula is C17H18Cl3NO4. The van der Waals surface area contributed by atoms with Crippen LogP contribution in [0.15, 0.2) is 35.3 Å². The van der Waals surface area contributed by atoms with Crippen molar-refractivity contribution in [2.75, 3.05) is 6.61 Å². The van der Waals surface area contributed by atoms with Crippen LogP contribution in [-0.4, -0.2) is 33.8 Å². The molecular weight excluding hydrogens is 389 g/mol. The van der Waals surface area contributed by atoms with Crippen molar-refractivity contribution >= 4 is 52.6 Å². The lowest BCUT2D eigenvalue weighted by molar-refractivity contribution is -0.158. The molecule has 0 spiro atoms. The monoisotopic (exact) mass is 405 g/mol. The molecule has 0 unspecified atom stereocenters. The quantitative estimate of drug-likeness (QED) is 0.432. The molecule has 25 heavy (non-hydrogen) atoms. The maximum Gasteiger partial charge on any atom is 0.352 e. The van der Waals surface area contributed by atoms with Crippen molar-refractivity contribution in [3.63, 3.8) is 0 Å². The van der Waals surface area contributed by atoms with Gasteiger partial charge in [-0.1, -0.05) is 85.9 Å². The summed E-state index contributed by atoms with van der Waals surface area (Å²) in [6.45, 7) is 4.97. The van der Waals surface area contributed by atoms with E-state index in [1.165, 1.54) is 0 Å². The van der Waals surface area contributed by atoms with E-state index in [9.17, 15) is 9.59 Å². The zero-order valence-corrected chi connectivity index (χ0v) is 16.3. The van der Waals surface area contributed by atoms with Gasteiger partial charge < -0.3 is 9.47 Å². The highest BCUT2D eigenvalue weighted by molar-refractivity contribution is 6.67. The van der Waals surface area contributed by atoms with E-state index >= 15 is 0 Å². The van der Waals surface area contributed by atoms with Crippen molar-refractivity contribution in [1.82, 2.24) is 0 Å². The summed E-state index contributed by atoms with van der Waals surface area (Å²) in [5, 5.41) is 0. The van der Waals surface area contributed by atoms with Crippen LogP contribution in [0.2, 0.25) is 0 Å². The van der Waals surface area contributed by atoms with Gasteiger partial charge in [-0.2, -0.15) is 0 Å². The van der Waals surface area contributed by atoms with Crippen LogP contribution >= 0.6 is 34.8 Å². The Kier molecular flexibility index (Phi) is 5.71. The Bertz CT molecular complexity index is 692. The average molecular weight is 407 g/mol. The highest BCUT2D eigenvalue weighted by atomic mass is 35.6. The van der Waals surface area contributed by atoms with Gasteiger partial charge in [0.25, 0.3) is 5.54 Å². The Labute approximate surface area is 161 Å². The molecule has 136 valence electrons. The van der Waals surface area contributed by atoms with Crippen molar-refractivity contribution in [2.24, 2.45) is 10.4 Å². The van der Waals surface area contributed by atoms with Crippen molar-refractivity contribution in [1.29, 1.82) is 0 Å². The van der Waals surface area contributed by atoms with E-state index < -0.39 is 33.3 Å². The molecule has 1 heterocycles. The second-order valence-electron chi connectivity index (χ2n) is 6.77. The number of nitrogens with zero attached hydrogens (tertiary/aromatic N) is 1. The molecule has 0 saturated carbocycles. The number of benzene rings is 1. The lowest BCUT2D eigenvalue weighted by Crippen LogP contribution is -2.46. The molecule has 1 aliphatic rings. The van der Waals surface area contributed by atoms with Crippen LogP contribution < -0.4 is 0 Å². The summed E-state index contributed by atoms with van der Waals surface area (Å²) < 4.78 is 8.54. The molecule has 0 saturated heterocycles. The minimum Gasteiger partial charge on any atom is -0.459 e. The number of hydrogen-bond donors (Lipinski definition) is 0. The number of esters is 2. The summed E-state index contributed by atoms with van der Waals surface area (Å²) in [7, 11) is 0. The Hall–Kier alpha value is -1.30. The maximum absolute atomic E-state index is 12.7. The van der Waals surface area contributed by atoms with Crippen LogP contribution in [0, 0.1) is 5.41 Å². The van der Waals surface area contributed by atoms with Crippen LogP contribution in [0.3, 0.4) is 0 Å². The number of carbonyl (C=O) groups is 2. The van der Waals surface area contributed by atoms with Crippen LogP contribution in [-0.2, 0) is 25.5 Å². The minimum atomic E-state index is -1.85. The van der Waals surface area contributed by atoms with Gasteiger partial charge in [-0.3, -0.25) is 0 Å². The molecule has 0 aliphatic carbocycles. The van der Waals surface area contributed by atoms with Gasteiger partial charge in [-0.05, 0) is 5.56 Å². The number of ether oxygens (including phenoxy) is 2. The third kappa shape index (κ3) is 4.87. The first-order valence-corrected chi connectivity index (χ1v) is 8.68. The zero-order chi connectivity index (χ0) is 18.9. The Morgan fingerprint density at radius 1 is 1.20 bits per heavy atom. The van der Waals surface area contributed by atoms with Gasteiger partial charge in [-0.15, -0.1) is 0 Å². The molecule has 1 atom stereocenters. The number of rotatable bonds is 4. The SMILES string of the molecule is CC(C)(C)C1=N[C@@](Cc2ccccc2)(C(=O)OCC(Cl)(Cl)Cl)C(=O)O1. The first kappa shape index (κ1) is 20.0. The van der Waals surface area contributed by atoms with E-state index in [0.717, 1.165) is 5.56 Å². The third-order valence-electron chi connectivity index (χ3n) is 3.47. The molecule has 1 aliphatic heterocycles. The van der Waals surface area contributed by atoms with Crippen LogP contribution in [0.4, 0.5) is 0 Å². The van der Waals surface area contributed by atoms with Crippen molar-refractivity contribution in [3.8, 4) is 0 Å². The summed E-state index contributed by atoms with van der Waals surface area (Å²) in [5.41, 5.74) is -1.67. The van der Waals surface area contributed by atoms with Gasteiger partial charge in [-0.25, -0.2) is 14.6 Å². The maximum atomic E-state index is 12.7. The van der Waals surface area contributed by atoms with Crippen LogP contribution in [0.5, 0.6) is 0 Å². The van der Waals surface area contributed by atoms with Crippen LogP contribution in [0.25, 0.3) is 0 Å². The molecule has 0 amide bonds. The smallest absolute Gasteiger partial charge is 0.352 e. The van der Waals surface area contributed by atoms with E-state index in [-0.39, 0.29) is 12.3 Å². The molecule has 1 aromatic carbocycles. The second-order valence-corrected chi connectivity index (χ2v) is 9.29. The Morgan fingerprint density at radius 2 is 1.80 bits per heavy atom. The van der Waals surface area contributed by atoms with Crippen molar-refractivity contribution < 1.29 is 19.1 Å². The summed E-state index contributed by atoms with van der Waals surface area (Å²) in [4.78, 5) is 29.6. The van der Waals surface area contributed by atoms with Gasteiger partial charge in [0.1, 0.15) is 6.61 Å². The standard InChI is InChI=1S/C17H18Cl3NO4/c1-15(2,3)12-21-16(14(23)25-12,9-11-7-5-4-6-8-11)13(22)24-10-17(18,19)20/h4-8H,9-10H2,1-3H3/t16-/m0/s1. The summed E-state index contributed by atoms with van der Waals surface area (Å²) in [5.74, 6) is -1.54. The van der Waals surface area contributed by atoms with Crippen molar-refractivity contribution in [2.45, 2.75) is 36.5 Å². The van der Waals surface area contributed by atoms with Gasteiger partial charge in [0.05, 0.1) is 0 Å². The number of alkyl halides is 3. The number of cyclic esters (lactones) is 1. The summed E-state index contributed by atoms with van der Waals surface area (Å²) >= 11 is 16.9. The number of hydrogen-bond acceptors (Lipinski definition) is 5. The highest BCUT2D eigenvalue weighted by Gasteiger charge is 2.55. The molecule has 5 nitrogen and oxygen atoms in total. The van der Waals surface area contributed by atoms with E-state index in [2.05, 4.69) is 4.99 Å². The zero-order valence-electron chi connectivity index (χ0n) is 14.0. The fourth-order valence-corrected chi connectivity index (χ4v) is 2.37. The fraction of sp³-hybridized carbons (Fsp3) is 0.471. The highest BCUT2D eigenvalue weighted by Crippen LogP contribution is 2.34. The molecule has 0 radical (unpaired) electrons. The summed E-state index contributed by atoms with van der Waals surface area (Å²) in [6.07, 6.45) is -0.00898. The molecule has 0 N–H and O–H groups in total. The Balaban J connectivity index is 2.40. The van der Waals surface area contributed by atoms with E-state index in [4.69, 9.17) is 44.3 Å². The van der Waals surface area contributed by atoms with Gasteiger partial charge >= 0.3 is 11.9 Å². The largest absolute Gasteiger partial charge is 0.459 e. The first-order chi connectivity index (χ1) is 11.4. The summed E-state index contributed by atoms with van der Waals surface area (Å²) in [6, 6.07) is 8.98. The molecule has 0 fully saturated rings. The topological polar surface area (TPSA) is 65.0 Å². The first-order valence-electron chi connectivity index (χ1n) is 7.54. The Morgan fingerprint density at radius 3 is 2.28 bits per heavy atom. The van der Waals surface area contributed by atoms with E-state index in [1.807, 2.05) is 26.8 Å². The number of halogens is 3. The molecule has 8 heteroatoms. The predicted octanol–water partition coefficient (Wildman–Crippen LogP) is 3.88. The number of aliphatic imine (C=N–C) groups is 1. The van der Waals surface area contributed by atoms with E-state index in [1.54, 1.807) is 24.3 Å². The normalized spacial score (nSPS) is 20.9. The lowest BCUT2D eigenvalue weighted by atomic mass is 9.91. The molecule has 2 rings (SSSR count). The van der Waals surface area contributed by atoms with Gasteiger partial charge in [0.2, 0.25) is 9.69 Å². The van der Waals surface area contributed by atoms with Crippen LogP contribution in [0.1, 0.15) is 26.3 Å². The predicted molar refractivity (Wildman–Crippen MR) is 97.1 cm³/mol. The third-order valence-corrected chi connectivity index (χ3v) is 3.80. The molecule has 0 bridgehead atoms. The average Bonchev–Trinajstić information content (AvgIpc) is 2.83. The fourth-order valence-electron chi connectivity index (χ4n) is 2.21. The minimum absolute atomic E-state index is 0.00898. The molecule has 1 aromatic rings. The van der Waals surface area contributed by atoms with Crippen molar-refractivity contribution in [3.05, 3.63) is 35.9 Å². The molecule has 0 aromatic heterocycles. The second kappa shape index (κ2) is 7.14. The van der Waals surface area contributed by atoms with E-state index in [0.29, 0.717) is 0 Å². The number of carbonyl (C=O) groups excluding carboxylic acids is 2. The van der Waals surface area contributed by atoms with Gasteiger partial charge in [0.15, 0.2) is 0 Å².